The first-order chi connectivity index (χ1) is 10.2. The van der Waals surface area contributed by atoms with Gasteiger partial charge in [0, 0.05) is 26.2 Å². The summed E-state index contributed by atoms with van der Waals surface area (Å²) in [5.74, 6) is 0.525. The van der Waals surface area contributed by atoms with Crippen molar-refractivity contribution in [1.29, 1.82) is 0 Å². The first kappa shape index (κ1) is 17.2. The highest BCUT2D eigenvalue weighted by Gasteiger charge is 2.07. The molecule has 0 aliphatic rings. The summed E-state index contributed by atoms with van der Waals surface area (Å²) in [6.07, 6.45) is 0. The van der Waals surface area contributed by atoms with Gasteiger partial charge < -0.3 is 30.9 Å². The number of benzene rings is 1. The van der Waals surface area contributed by atoms with Crippen molar-refractivity contribution in [3.8, 4) is 11.5 Å². The normalized spacial score (nSPS) is 10.4. The number of primary amides is 1. The molecule has 7 nitrogen and oxygen atoms in total. The molecule has 0 aliphatic carbocycles. The van der Waals surface area contributed by atoms with Crippen molar-refractivity contribution in [3.63, 3.8) is 0 Å². The van der Waals surface area contributed by atoms with E-state index in [1.807, 2.05) is 12.1 Å². The van der Waals surface area contributed by atoms with Crippen molar-refractivity contribution in [2.75, 3.05) is 40.0 Å². The summed E-state index contributed by atoms with van der Waals surface area (Å²) in [4.78, 5) is 10.7. The van der Waals surface area contributed by atoms with E-state index >= 15 is 0 Å². The Labute approximate surface area is 124 Å². The summed E-state index contributed by atoms with van der Waals surface area (Å²) < 4.78 is 10.5. The maximum absolute atomic E-state index is 10.7. The summed E-state index contributed by atoms with van der Waals surface area (Å²) in [6.45, 7) is 2.84. The number of hydrogen-bond donors (Lipinski definition) is 4. The number of carbonyl (C=O) groups is 1. The molecule has 1 rings (SSSR count). The summed E-state index contributed by atoms with van der Waals surface area (Å²) >= 11 is 0. The molecule has 0 radical (unpaired) electrons. The van der Waals surface area contributed by atoms with Crippen molar-refractivity contribution >= 4 is 5.91 Å². The first-order valence-corrected chi connectivity index (χ1v) is 6.77. The van der Waals surface area contributed by atoms with Crippen LogP contribution in [0.25, 0.3) is 0 Å². The molecule has 0 atom stereocenters. The predicted octanol–water partition coefficient (Wildman–Crippen LogP) is -0.769. The van der Waals surface area contributed by atoms with Crippen LogP contribution in [0.3, 0.4) is 0 Å². The molecule has 0 bridgehead atoms. The Hall–Kier alpha value is -1.83. The van der Waals surface area contributed by atoms with E-state index < -0.39 is 5.91 Å². The molecule has 0 saturated carbocycles. The third-order valence-corrected chi connectivity index (χ3v) is 2.69. The van der Waals surface area contributed by atoms with E-state index in [0.717, 1.165) is 18.7 Å². The fraction of sp³-hybridized carbons (Fsp3) is 0.500. The molecule has 0 spiro atoms. The summed E-state index contributed by atoms with van der Waals surface area (Å²) in [5.41, 5.74) is 6.08. The number of rotatable bonds is 11. The smallest absolute Gasteiger partial charge is 0.255 e. The van der Waals surface area contributed by atoms with Gasteiger partial charge in [0.1, 0.15) is 0 Å². The number of aliphatic hydroxyl groups is 1. The summed E-state index contributed by atoms with van der Waals surface area (Å²) in [5, 5.41) is 15.0. The SMILES string of the molecule is COc1cc(CNCCNCCO)ccc1OCC(N)=O. The molecule has 0 saturated heterocycles. The molecule has 1 amide bonds. The monoisotopic (exact) mass is 297 g/mol. The van der Waals surface area contributed by atoms with Crippen LogP contribution in [0.1, 0.15) is 5.56 Å². The Kier molecular flexibility index (Phi) is 8.18. The van der Waals surface area contributed by atoms with Crippen LogP contribution in [0.5, 0.6) is 11.5 Å². The van der Waals surface area contributed by atoms with Crippen molar-refractivity contribution in [2.45, 2.75) is 6.54 Å². The lowest BCUT2D eigenvalue weighted by Crippen LogP contribution is -2.28. The quantitative estimate of drug-likeness (QED) is 0.400. The van der Waals surface area contributed by atoms with Crippen LogP contribution in [0, 0.1) is 0 Å². The lowest BCUT2D eigenvalue weighted by atomic mass is 10.2. The highest BCUT2D eigenvalue weighted by molar-refractivity contribution is 5.75. The third kappa shape index (κ3) is 6.94. The number of amides is 1. The zero-order chi connectivity index (χ0) is 15.5. The minimum absolute atomic E-state index is 0.143. The molecule has 5 N–H and O–H groups in total. The minimum Gasteiger partial charge on any atom is -0.493 e. The molecular weight excluding hydrogens is 274 g/mol. The second-order valence-corrected chi connectivity index (χ2v) is 4.39. The zero-order valence-electron chi connectivity index (χ0n) is 12.2. The number of ether oxygens (including phenoxy) is 2. The van der Waals surface area contributed by atoms with Crippen LogP contribution in [-0.2, 0) is 11.3 Å². The van der Waals surface area contributed by atoms with Gasteiger partial charge in [0.25, 0.3) is 5.91 Å². The molecule has 0 unspecified atom stereocenters. The van der Waals surface area contributed by atoms with Crippen LogP contribution in [-0.4, -0.2) is 51.0 Å². The van der Waals surface area contributed by atoms with Gasteiger partial charge in [-0.25, -0.2) is 0 Å². The topological polar surface area (TPSA) is 106 Å². The van der Waals surface area contributed by atoms with Gasteiger partial charge >= 0.3 is 0 Å². The van der Waals surface area contributed by atoms with Gasteiger partial charge in [0.2, 0.25) is 0 Å². The number of methoxy groups -OCH3 is 1. The van der Waals surface area contributed by atoms with Gasteiger partial charge in [-0.15, -0.1) is 0 Å². The molecule has 21 heavy (non-hydrogen) atoms. The fourth-order valence-corrected chi connectivity index (χ4v) is 1.70. The predicted molar refractivity (Wildman–Crippen MR) is 79.3 cm³/mol. The van der Waals surface area contributed by atoms with E-state index in [2.05, 4.69) is 10.6 Å². The third-order valence-electron chi connectivity index (χ3n) is 2.69. The number of aliphatic hydroxyl groups excluding tert-OH is 1. The maximum atomic E-state index is 10.7. The molecule has 1 aromatic carbocycles. The van der Waals surface area contributed by atoms with Crippen LogP contribution in [0.15, 0.2) is 18.2 Å². The largest absolute Gasteiger partial charge is 0.493 e. The lowest BCUT2D eigenvalue weighted by Gasteiger charge is -2.12. The Morgan fingerprint density at radius 2 is 2.00 bits per heavy atom. The second kappa shape index (κ2) is 9.98. The molecule has 0 fully saturated rings. The highest BCUT2D eigenvalue weighted by Crippen LogP contribution is 2.27. The van der Waals surface area contributed by atoms with Gasteiger partial charge in [-0.05, 0) is 17.7 Å². The second-order valence-electron chi connectivity index (χ2n) is 4.39. The average molecular weight is 297 g/mol. The van der Waals surface area contributed by atoms with Crippen molar-refractivity contribution in [1.82, 2.24) is 10.6 Å². The van der Waals surface area contributed by atoms with E-state index in [1.165, 1.54) is 0 Å². The standard InChI is InChI=1S/C14H23N3O4/c1-20-13-8-11(9-17-5-4-16-6-7-18)2-3-12(13)21-10-14(15)19/h2-3,8,16-18H,4-7,9-10H2,1H3,(H2,15,19). The van der Waals surface area contributed by atoms with Gasteiger partial charge in [-0.1, -0.05) is 6.07 Å². The van der Waals surface area contributed by atoms with E-state index in [1.54, 1.807) is 13.2 Å². The first-order valence-electron chi connectivity index (χ1n) is 6.77. The molecular formula is C14H23N3O4. The number of hydrogen-bond acceptors (Lipinski definition) is 6. The molecule has 1 aromatic rings. The number of nitrogens with one attached hydrogen (secondary N) is 2. The Morgan fingerprint density at radius 1 is 1.24 bits per heavy atom. The highest BCUT2D eigenvalue weighted by atomic mass is 16.5. The number of carbonyl (C=O) groups excluding carboxylic acids is 1. The Morgan fingerprint density at radius 3 is 2.67 bits per heavy atom. The van der Waals surface area contributed by atoms with E-state index in [0.29, 0.717) is 24.6 Å². The molecule has 0 heterocycles. The lowest BCUT2D eigenvalue weighted by molar-refractivity contribution is -0.119. The van der Waals surface area contributed by atoms with Gasteiger partial charge in [0.05, 0.1) is 13.7 Å². The van der Waals surface area contributed by atoms with Crippen molar-refractivity contribution < 1.29 is 19.4 Å². The zero-order valence-corrected chi connectivity index (χ0v) is 12.2. The minimum atomic E-state index is -0.529. The molecule has 118 valence electrons. The molecule has 0 aliphatic heterocycles. The average Bonchev–Trinajstić information content (AvgIpc) is 2.49. The molecule has 7 heteroatoms. The Bertz CT molecular complexity index is 440. The van der Waals surface area contributed by atoms with E-state index in [-0.39, 0.29) is 13.2 Å². The van der Waals surface area contributed by atoms with Gasteiger partial charge in [-0.2, -0.15) is 0 Å². The van der Waals surface area contributed by atoms with Crippen LogP contribution >= 0.6 is 0 Å². The Balaban J connectivity index is 2.43. The fourth-order valence-electron chi connectivity index (χ4n) is 1.70. The van der Waals surface area contributed by atoms with E-state index in [4.69, 9.17) is 20.3 Å². The maximum Gasteiger partial charge on any atom is 0.255 e. The van der Waals surface area contributed by atoms with Crippen LogP contribution < -0.4 is 25.8 Å². The summed E-state index contributed by atoms with van der Waals surface area (Å²) in [6, 6.07) is 5.50. The van der Waals surface area contributed by atoms with E-state index in [9.17, 15) is 4.79 Å². The van der Waals surface area contributed by atoms with Gasteiger partial charge in [-0.3, -0.25) is 4.79 Å². The van der Waals surface area contributed by atoms with Crippen molar-refractivity contribution in [2.24, 2.45) is 5.73 Å². The van der Waals surface area contributed by atoms with Crippen LogP contribution in [0.4, 0.5) is 0 Å². The molecule has 0 aromatic heterocycles. The van der Waals surface area contributed by atoms with Crippen LogP contribution in [0.2, 0.25) is 0 Å². The van der Waals surface area contributed by atoms with Crippen molar-refractivity contribution in [3.05, 3.63) is 23.8 Å². The van der Waals surface area contributed by atoms with Gasteiger partial charge in [0.15, 0.2) is 18.1 Å². The number of nitrogens with two attached hydrogens (primary N) is 1. The summed E-state index contributed by atoms with van der Waals surface area (Å²) in [7, 11) is 1.54.